The van der Waals surface area contributed by atoms with E-state index in [-0.39, 0.29) is 21.3 Å². The normalized spacial score (nSPS) is 15.1. The molecular formula is C21H14N2O5S2. The first-order chi connectivity index (χ1) is 14.4. The van der Waals surface area contributed by atoms with E-state index in [1.807, 2.05) is 0 Å². The lowest BCUT2D eigenvalue weighted by molar-refractivity contribution is -0.121. The van der Waals surface area contributed by atoms with Crippen molar-refractivity contribution in [2.45, 2.75) is 0 Å². The van der Waals surface area contributed by atoms with Crippen molar-refractivity contribution < 1.29 is 24.2 Å². The summed E-state index contributed by atoms with van der Waals surface area (Å²) in [5.41, 5.74) is 3.59. The number of nitrogens with zero attached hydrogens (tertiary/aromatic N) is 1. The molecular weight excluding hydrogens is 424 g/mol. The van der Waals surface area contributed by atoms with Crippen LogP contribution in [0.15, 0.2) is 70.0 Å². The monoisotopic (exact) mass is 438 g/mol. The number of thiocarbonyl (C=S) groups is 1. The van der Waals surface area contributed by atoms with Crippen LogP contribution in [0.2, 0.25) is 0 Å². The summed E-state index contributed by atoms with van der Waals surface area (Å²) >= 11 is 6.34. The quantitative estimate of drug-likeness (QED) is 0.393. The van der Waals surface area contributed by atoms with Crippen LogP contribution < -0.4 is 5.43 Å². The number of hydrogen-bond acceptors (Lipinski definition) is 7. The van der Waals surface area contributed by atoms with Crippen molar-refractivity contribution in [2.24, 2.45) is 0 Å². The van der Waals surface area contributed by atoms with Crippen molar-refractivity contribution in [3.8, 4) is 17.1 Å². The number of amides is 1. The summed E-state index contributed by atoms with van der Waals surface area (Å²) in [6.07, 6.45) is 1.55. The maximum Gasteiger partial charge on any atom is 0.337 e. The number of anilines is 1. The standard InChI is InChI=1S/C21H14N2O5S2/c24-16-8-4-2-6-14(16)17-10-9-12(28-17)11-18-19(25)23(21(29)30-18)22-15-7-3-1-5-13(15)20(26)27/h1-11,22,24H,(H,26,27)/b18-11+. The minimum absolute atomic E-state index is 0.0221. The van der Waals surface area contributed by atoms with Gasteiger partial charge in [-0.25, -0.2) is 9.80 Å². The third-order valence-corrected chi connectivity index (χ3v) is 5.56. The van der Waals surface area contributed by atoms with Gasteiger partial charge in [0, 0.05) is 6.08 Å². The van der Waals surface area contributed by atoms with Gasteiger partial charge in [-0.05, 0) is 48.6 Å². The van der Waals surface area contributed by atoms with Crippen LogP contribution in [0.25, 0.3) is 17.4 Å². The number of carboxylic acids is 1. The summed E-state index contributed by atoms with van der Waals surface area (Å²) in [7, 11) is 0. The van der Waals surface area contributed by atoms with Crippen LogP contribution in [0.1, 0.15) is 16.1 Å². The summed E-state index contributed by atoms with van der Waals surface area (Å²) in [5, 5.41) is 20.4. The Balaban J connectivity index is 1.57. The lowest BCUT2D eigenvalue weighted by Crippen LogP contribution is -2.34. The Kier molecular flexibility index (Phi) is 5.30. The fourth-order valence-electron chi connectivity index (χ4n) is 2.84. The second-order valence-electron chi connectivity index (χ2n) is 6.20. The topological polar surface area (TPSA) is 103 Å². The van der Waals surface area contributed by atoms with Gasteiger partial charge in [-0.2, -0.15) is 0 Å². The van der Waals surface area contributed by atoms with E-state index in [9.17, 15) is 19.8 Å². The minimum Gasteiger partial charge on any atom is -0.507 e. The number of hydrazine groups is 1. The second-order valence-corrected chi connectivity index (χ2v) is 7.87. The lowest BCUT2D eigenvalue weighted by Gasteiger charge is -2.18. The molecule has 0 spiro atoms. The van der Waals surface area contributed by atoms with Gasteiger partial charge in [0.25, 0.3) is 5.91 Å². The number of furan rings is 1. The third-order valence-electron chi connectivity index (χ3n) is 4.25. The zero-order valence-corrected chi connectivity index (χ0v) is 16.9. The number of thioether (sulfide) groups is 1. The van der Waals surface area contributed by atoms with Crippen LogP contribution in [-0.2, 0) is 4.79 Å². The predicted molar refractivity (Wildman–Crippen MR) is 118 cm³/mol. The van der Waals surface area contributed by atoms with Gasteiger partial charge >= 0.3 is 5.97 Å². The van der Waals surface area contributed by atoms with Crippen LogP contribution in [0, 0.1) is 0 Å². The molecule has 0 radical (unpaired) electrons. The van der Waals surface area contributed by atoms with Gasteiger partial charge in [-0.15, -0.1) is 0 Å². The molecule has 0 bridgehead atoms. The Morgan fingerprint density at radius 3 is 2.60 bits per heavy atom. The Labute approximate surface area is 180 Å². The van der Waals surface area contributed by atoms with Crippen molar-refractivity contribution >= 4 is 51.9 Å². The Hall–Kier alpha value is -3.56. The predicted octanol–water partition coefficient (Wildman–Crippen LogP) is 4.58. The zero-order valence-electron chi connectivity index (χ0n) is 15.2. The molecule has 2 heterocycles. The number of hydrogen-bond donors (Lipinski definition) is 3. The molecule has 150 valence electrons. The highest BCUT2D eigenvalue weighted by molar-refractivity contribution is 8.26. The van der Waals surface area contributed by atoms with Gasteiger partial charge in [0.05, 0.1) is 21.7 Å². The molecule has 1 aromatic heterocycles. The van der Waals surface area contributed by atoms with Gasteiger partial charge in [-0.3, -0.25) is 10.2 Å². The molecule has 0 saturated carbocycles. The molecule has 0 atom stereocenters. The van der Waals surface area contributed by atoms with E-state index >= 15 is 0 Å². The van der Waals surface area contributed by atoms with Crippen LogP contribution in [0.4, 0.5) is 5.69 Å². The van der Waals surface area contributed by atoms with Crippen LogP contribution in [-0.4, -0.2) is 31.4 Å². The molecule has 4 rings (SSSR count). The van der Waals surface area contributed by atoms with Crippen LogP contribution in [0.5, 0.6) is 5.75 Å². The first-order valence-corrected chi connectivity index (χ1v) is 9.91. The highest BCUT2D eigenvalue weighted by Crippen LogP contribution is 2.35. The number of aromatic carboxylic acids is 1. The molecule has 1 aliphatic rings. The SMILES string of the molecule is O=C(O)c1ccccc1NN1C(=O)/C(=C\c2ccc(-c3ccccc3O)o2)SC1=S. The number of carbonyl (C=O) groups is 2. The van der Waals surface area contributed by atoms with Crippen molar-refractivity contribution in [1.82, 2.24) is 5.01 Å². The molecule has 1 amide bonds. The maximum atomic E-state index is 12.8. The number of benzene rings is 2. The van der Waals surface area contributed by atoms with E-state index in [4.69, 9.17) is 16.6 Å². The summed E-state index contributed by atoms with van der Waals surface area (Å²) in [6.45, 7) is 0. The Morgan fingerprint density at radius 2 is 1.83 bits per heavy atom. The van der Waals surface area contributed by atoms with E-state index < -0.39 is 11.9 Å². The van der Waals surface area contributed by atoms with E-state index in [1.54, 1.807) is 60.7 Å². The summed E-state index contributed by atoms with van der Waals surface area (Å²) in [4.78, 5) is 24.5. The molecule has 9 heteroatoms. The molecule has 0 unspecified atom stereocenters. The molecule has 1 saturated heterocycles. The number of carbonyl (C=O) groups excluding carboxylic acids is 1. The summed E-state index contributed by atoms with van der Waals surface area (Å²) in [5.74, 6) is -0.578. The largest absolute Gasteiger partial charge is 0.507 e. The van der Waals surface area contributed by atoms with Gasteiger partial charge in [-0.1, -0.05) is 36.0 Å². The third kappa shape index (κ3) is 3.80. The fourth-order valence-corrected chi connectivity index (χ4v) is 4.00. The number of rotatable bonds is 5. The molecule has 0 aliphatic carbocycles. The molecule has 3 aromatic rings. The maximum absolute atomic E-state index is 12.8. The number of carboxylic acid groups (broad SMARTS) is 1. The number of para-hydroxylation sites is 2. The molecule has 30 heavy (non-hydrogen) atoms. The fraction of sp³-hybridized carbons (Fsp3) is 0. The molecule has 7 nitrogen and oxygen atoms in total. The van der Waals surface area contributed by atoms with Crippen molar-refractivity contribution in [3.05, 3.63) is 76.9 Å². The van der Waals surface area contributed by atoms with Gasteiger partial charge in [0.1, 0.15) is 17.3 Å². The molecule has 3 N–H and O–H groups in total. The van der Waals surface area contributed by atoms with Crippen molar-refractivity contribution in [3.63, 3.8) is 0 Å². The average Bonchev–Trinajstić information content (AvgIpc) is 3.29. The van der Waals surface area contributed by atoms with E-state index in [2.05, 4.69) is 5.43 Å². The summed E-state index contributed by atoms with van der Waals surface area (Å²) < 4.78 is 5.97. The van der Waals surface area contributed by atoms with Gasteiger partial charge in [0.2, 0.25) is 0 Å². The Bertz CT molecular complexity index is 1200. The van der Waals surface area contributed by atoms with Crippen molar-refractivity contribution in [1.29, 1.82) is 0 Å². The van der Waals surface area contributed by atoms with Crippen molar-refractivity contribution in [2.75, 3.05) is 5.43 Å². The minimum atomic E-state index is -1.12. The van der Waals surface area contributed by atoms with Crippen LogP contribution >= 0.6 is 24.0 Å². The zero-order chi connectivity index (χ0) is 21.3. The van der Waals surface area contributed by atoms with E-state index in [0.29, 0.717) is 22.0 Å². The van der Waals surface area contributed by atoms with E-state index in [1.165, 1.54) is 6.07 Å². The number of phenols is 1. The van der Waals surface area contributed by atoms with Gasteiger partial charge < -0.3 is 14.6 Å². The summed E-state index contributed by atoms with van der Waals surface area (Å²) in [6, 6.07) is 16.4. The van der Waals surface area contributed by atoms with E-state index in [0.717, 1.165) is 16.8 Å². The number of nitrogens with one attached hydrogen (secondary N) is 1. The molecule has 2 aromatic carbocycles. The number of aromatic hydroxyl groups is 1. The first-order valence-electron chi connectivity index (χ1n) is 8.69. The average molecular weight is 438 g/mol. The highest BCUT2D eigenvalue weighted by atomic mass is 32.2. The molecule has 1 aliphatic heterocycles. The smallest absolute Gasteiger partial charge is 0.337 e. The first kappa shape index (κ1) is 19.7. The molecule has 1 fully saturated rings. The number of phenolic OH excluding ortho intramolecular Hbond substituents is 1. The van der Waals surface area contributed by atoms with Gasteiger partial charge in [0.15, 0.2) is 4.32 Å². The highest BCUT2D eigenvalue weighted by Gasteiger charge is 2.33. The lowest BCUT2D eigenvalue weighted by atomic mass is 10.1. The van der Waals surface area contributed by atoms with Crippen LogP contribution in [0.3, 0.4) is 0 Å². The second kappa shape index (κ2) is 8.05. The Morgan fingerprint density at radius 1 is 1.10 bits per heavy atom.